The maximum atomic E-state index is 11.9. The van der Waals surface area contributed by atoms with Gasteiger partial charge in [-0.1, -0.05) is 6.07 Å². The van der Waals surface area contributed by atoms with Gasteiger partial charge in [0.1, 0.15) is 5.75 Å². The van der Waals surface area contributed by atoms with Gasteiger partial charge in [-0.25, -0.2) is 4.79 Å². The van der Waals surface area contributed by atoms with Crippen LogP contribution in [0.25, 0.3) is 5.69 Å². The molecule has 1 aliphatic rings. The van der Waals surface area contributed by atoms with Crippen LogP contribution in [0.5, 0.6) is 5.75 Å². The number of ether oxygens (including phenoxy) is 1. The molecule has 7 nitrogen and oxygen atoms in total. The highest BCUT2D eigenvalue weighted by Crippen LogP contribution is 2.44. The Hall–Kier alpha value is -4.17. The first-order chi connectivity index (χ1) is 17.4. The van der Waals surface area contributed by atoms with Crippen molar-refractivity contribution in [2.45, 2.75) is 25.9 Å². The predicted molar refractivity (Wildman–Crippen MR) is 143 cm³/mol. The van der Waals surface area contributed by atoms with Crippen molar-refractivity contribution < 1.29 is 14.6 Å². The summed E-state index contributed by atoms with van der Waals surface area (Å²) in [4.78, 5) is 18.6. The van der Waals surface area contributed by atoms with Crippen molar-refractivity contribution in [2.24, 2.45) is 0 Å². The summed E-state index contributed by atoms with van der Waals surface area (Å²) in [7, 11) is 1.38. The van der Waals surface area contributed by atoms with E-state index in [2.05, 4.69) is 39.7 Å². The van der Waals surface area contributed by atoms with Crippen LogP contribution in [-0.4, -0.2) is 32.8 Å². The van der Waals surface area contributed by atoms with Gasteiger partial charge < -0.3 is 24.6 Å². The quantitative estimate of drug-likeness (QED) is 0.291. The lowest BCUT2D eigenvalue weighted by molar-refractivity contribution is 0.0600. The molecule has 5 rings (SSSR count). The zero-order valence-corrected chi connectivity index (χ0v) is 21.0. The first-order valence-corrected chi connectivity index (χ1v) is 12.0. The molecule has 2 N–H and O–H groups in total. The van der Waals surface area contributed by atoms with E-state index in [0.717, 1.165) is 34.0 Å². The summed E-state index contributed by atoms with van der Waals surface area (Å²) in [6.07, 6.45) is 1.78. The highest BCUT2D eigenvalue weighted by molar-refractivity contribution is 7.80. The van der Waals surface area contributed by atoms with E-state index in [1.54, 1.807) is 30.5 Å². The van der Waals surface area contributed by atoms with Crippen LogP contribution in [0.1, 0.15) is 45.1 Å². The van der Waals surface area contributed by atoms with Gasteiger partial charge in [-0.15, -0.1) is 0 Å². The number of pyridine rings is 1. The van der Waals surface area contributed by atoms with Gasteiger partial charge in [-0.2, -0.15) is 0 Å². The van der Waals surface area contributed by atoms with Gasteiger partial charge in [0.25, 0.3) is 0 Å². The number of esters is 1. The number of rotatable bonds is 5. The molecule has 2 atom stereocenters. The number of carbonyl (C=O) groups excluding carboxylic acids is 1. The van der Waals surface area contributed by atoms with E-state index >= 15 is 0 Å². The van der Waals surface area contributed by atoms with Gasteiger partial charge in [-0.3, -0.25) is 4.98 Å². The Balaban J connectivity index is 1.63. The number of aryl methyl sites for hydroxylation is 1. The molecule has 1 fully saturated rings. The SMILES string of the molecule is COC(=O)c1ccc(-n2c(C)cc([C@H]3[C@H](c4ccccn4)NC(=S)N3c3ccc(O)cc3)c2C)cc1. The van der Waals surface area contributed by atoms with Crippen molar-refractivity contribution in [3.8, 4) is 11.4 Å². The molecule has 0 saturated carbocycles. The standard InChI is InChI=1S/C28H26N4O3S/c1-17-16-23(18(2)31(17)20-9-7-19(8-10-20)27(34)35-3)26-25(24-6-4-5-15-29-24)30-28(36)32(26)21-11-13-22(33)14-12-21/h4-16,25-26,33H,1-3H3,(H,30,36)/t25-,26-/m0/s1. The normalized spacial score (nSPS) is 17.2. The molecule has 182 valence electrons. The van der Waals surface area contributed by atoms with Crippen LogP contribution < -0.4 is 10.2 Å². The van der Waals surface area contributed by atoms with Gasteiger partial charge in [0.15, 0.2) is 5.11 Å². The number of anilines is 1. The lowest BCUT2D eigenvalue weighted by atomic mass is 9.96. The highest BCUT2D eigenvalue weighted by Gasteiger charge is 2.42. The maximum Gasteiger partial charge on any atom is 0.337 e. The van der Waals surface area contributed by atoms with Gasteiger partial charge in [0.2, 0.25) is 0 Å². The van der Waals surface area contributed by atoms with E-state index in [1.165, 1.54) is 7.11 Å². The molecule has 0 spiro atoms. The van der Waals surface area contributed by atoms with E-state index in [0.29, 0.717) is 10.7 Å². The number of nitrogens with zero attached hydrogens (tertiary/aromatic N) is 3. The molecule has 0 aliphatic carbocycles. The zero-order chi connectivity index (χ0) is 25.4. The average molecular weight is 499 g/mol. The summed E-state index contributed by atoms with van der Waals surface area (Å²) in [5, 5.41) is 13.9. The van der Waals surface area contributed by atoms with E-state index in [4.69, 9.17) is 17.0 Å². The van der Waals surface area contributed by atoms with Crippen LogP contribution in [-0.2, 0) is 4.74 Å². The first-order valence-electron chi connectivity index (χ1n) is 11.6. The van der Waals surface area contributed by atoms with Crippen molar-refractivity contribution in [3.05, 3.63) is 107 Å². The molecular formula is C28H26N4O3S. The number of aromatic nitrogens is 2. The van der Waals surface area contributed by atoms with Gasteiger partial charge in [0, 0.05) is 29.0 Å². The summed E-state index contributed by atoms with van der Waals surface area (Å²) >= 11 is 5.81. The lowest BCUT2D eigenvalue weighted by Gasteiger charge is -2.28. The number of aromatic hydroxyl groups is 1. The second-order valence-electron chi connectivity index (χ2n) is 8.71. The third kappa shape index (κ3) is 4.09. The molecule has 0 amide bonds. The second-order valence-corrected chi connectivity index (χ2v) is 9.10. The van der Waals surface area contributed by atoms with Crippen molar-refractivity contribution >= 4 is 29.0 Å². The number of benzene rings is 2. The zero-order valence-electron chi connectivity index (χ0n) is 20.2. The van der Waals surface area contributed by atoms with E-state index in [9.17, 15) is 9.90 Å². The fourth-order valence-corrected chi connectivity index (χ4v) is 5.26. The Morgan fingerprint density at radius 2 is 1.72 bits per heavy atom. The molecule has 1 aliphatic heterocycles. The maximum absolute atomic E-state index is 11.9. The van der Waals surface area contributed by atoms with Crippen LogP contribution >= 0.6 is 12.2 Å². The number of phenols is 1. The molecule has 0 radical (unpaired) electrons. The Labute approximate surface area is 215 Å². The predicted octanol–water partition coefficient (Wildman–Crippen LogP) is 5.16. The van der Waals surface area contributed by atoms with Crippen LogP contribution in [0.3, 0.4) is 0 Å². The Morgan fingerprint density at radius 1 is 1.03 bits per heavy atom. The fraction of sp³-hybridized carbons (Fsp3) is 0.179. The molecule has 3 heterocycles. The third-order valence-electron chi connectivity index (χ3n) is 6.56. The number of carbonyl (C=O) groups is 1. The highest BCUT2D eigenvalue weighted by atomic mass is 32.1. The van der Waals surface area contributed by atoms with Crippen LogP contribution in [0.15, 0.2) is 79.0 Å². The van der Waals surface area contributed by atoms with E-state index in [-0.39, 0.29) is 23.8 Å². The molecule has 36 heavy (non-hydrogen) atoms. The van der Waals surface area contributed by atoms with E-state index < -0.39 is 0 Å². The molecule has 0 bridgehead atoms. The molecule has 0 unspecified atom stereocenters. The number of nitrogens with one attached hydrogen (secondary N) is 1. The fourth-order valence-electron chi connectivity index (χ4n) is 4.91. The Kier molecular flexibility index (Phi) is 6.20. The third-order valence-corrected chi connectivity index (χ3v) is 6.88. The molecule has 2 aromatic carbocycles. The number of methoxy groups -OCH3 is 1. The summed E-state index contributed by atoms with van der Waals surface area (Å²) < 4.78 is 7.00. The minimum Gasteiger partial charge on any atom is -0.508 e. The van der Waals surface area contributed by atoms with Crippen LogP contribution in [0.2, 0.25) is 0 Å². The second kappa shape index (κ2) is 9.47. The lowest BCUT2D eigenvalue weighted by Crippen LogP contribution is -2.29. The summed E-state index contributed by atoms with van der Waals surface area (Å²) in [6.45, 7) is 4.15. The smallest absolute Gasteiger partial charge is 0.337 e. The van der Waals surface area contributed by atoms with Crippen LogP contribution in [0.4, 0.5) is 5.69 Å². The molecular weight excluding hydrogens is 472 g/mol. The van der Waals surface area contributed by atoms with Gasteiger partial charge in [-0.05, 0) is 98.4 Å². The minimum atomic E-state index is -0.364. The Morgan fingerprint density at radius 3 is 2.36 bits per heavy atom. The van der Waals surface area contributed by atoms with Crippen molar-refractivity contribution in [2.75, 3.05) is 12.0 Å². The monoisotopic (exact) mass is 498 g/mol. The molecule has 8 heteroatoms. The Bertz CT molecular complexity index is 1420. The number of thiocarbonyl (C=S) groups is 1. The number of hydrogen-bond acceptors (Lipinski definition) is 5. The summed E-state index contributed by atoms with van der Waals surface area (Å²) in [5.41, 5.74) is 6.42. The van der Waals surface area contributed by atoms with Gasteiger partial charge in [0.05, 0.1) is 30.5 Å². The van der Waals surface area contributed by atoms with Crippen molar-refractivity contribution in [1.82, 2.24) is 14.9 Å². The first kappa shape index (κ1) is 23.6. The number of hydrogen-bond donors (Lipinski definition) is 2. The molecule has 4 aromatic rings. The van der Waals surface area contributed by atoms with Crippen LogP contribution in [0, 0.1) is 13.8 Å². The van der Waals surface area contributed by atoms with Gasteiger partial charge >= 0.3 is 5.97 Å². The summed E-state index contributed by atoms with van der Waals surface area (Å²) in [6, 6.07) is 22.1. The minimum absolute atomic E-state index is 0.175. The molecule has 1 saturated heterocycles. The number of phenolic OH excluding ortho intramolecular Hbond substituents is 1. The van der Waals surface area contributed by atoms with Crippen molar-refractivity contribution in [1.29, 1.82) is 0 Å². The van der Waals surface area contributed by atoms with E-state index in [1.807, 2.05) is 42.5 Å². The van der Waals surface area contributed by atoms with Crippen molar-refractivity contribution in [3.63, 3.8) is 0 Å². The topological polar surface area (TPSA) is 79.6 Å². The largest absolute Gasteiger partial charge is 0.508 e. The average Bonchev–Trinajstić information content (AvgIpc) is 3.39. The molecule has 2 aromatic heterocycles. The summed E-state index contributed by atoms with van der Waals surface area (Å²) in [5.74, 6) is -0.167.